The van der Waals surface area contributed by atoms with Crippen LogP contribution in [0.1, 0.15) is 48.9 Å². The molecule has 0 aromatic carbocycles. The molecule has 2 aromatic rings. The summed E-state index contributed by atoms with van der Waals surface area (Å²) in [5, 5.41) is 8.33. The third-order valence-corrected chi connectivity index (χ3v) is 6.66. The van der Waals surface area contributed by atoms with Crippen LogP contribution >= 0.6 is 22.7 Å². The Morgan fingerprint density at radius 2 is 1.80 bits per heavy atom. The fourth-order valence-electron chi connectivity index (χ4n) is 3.49. The van der Waals surface area contributed by atoms with Crippen LogP contribution in [0.5, 0.6) is 0 Å². The molecule has 3 heteroatoms. The minimum atomic E-state index is 0.387. The quantitative estimate of drug-likeness (QED) is 0.789. The molecule has 1 N–H and O–H groups in total. The number of nitrogens with one attached hydrogen (secondary N) is 1. The lowest BCUT2D eigenvalue weighted by atomic mass is 9.93. The zero-order valence-corrected chi connectivity index (χ0v) is 13.8. The van der Waals surface area contributed by atoms with Gasteiger partial charge >= 0.3 is 0 Å². The van der Waals surface area contributed by atoms with Gasteiger partial charge < -0.3 is 5.32 Å². The van der Waals surface area contributed by atoms with Crippen molar-refractivity contribution in [3.8, 4) is 0 Å². The molecule has 0 radical (unpaired) electrons. The van der Waals surface area contributed by atoms with Gasteiger partial charge in [-0.15, -0.1) is 22.7 Å². The Labute approximate surface area is 130 Å². The lowest BCUT2D eigenvalue weighted by Crippen LogP contribution is -2.35. The minimum absolute atomic E-state index is 0.387. The van der Waals surface area contributed by atoms with Gasteiger partial charge in [0.15, 0.2) is 0 Å². The fourth-order valence-corrected chi connectivity index (χ4v) is 5.17. The highest BCUT2D eigenvalue weighted by atomic mass is 32.1. The van der Waals surface area contributed by atoms with Gasteiger partial charge in [-0.2, -0.15) is 0 Å². The van der Waals surface area contributed by atoms with Gasteiger partial charge in [-0.1, -0.05) is 32.4 Å². The molecule has 1 fully saturated rings. The van der Waals surface area contributed by atoms with E-state index in [1.54, 1.807) is 0 Å². The van der Waals surface area contributed by atoms with Gasteiger partial charge in [-0.05, 0) is 47.6 Å². The lowest BCUT2D eigenvalue weighted by molar-refractivity contribution is 0.334. The maximum absolute atomic E-state index is 3.96. The van der Waals surface area contributed by atoms with Crippen molar-refractivity contribution in [3.05, 3.63) is 44.8 Å². The number of hydrogen-bond donors (Lipinski definition) is 1. The third-order valence-electron chi connectivity index (χ3n) is 4.79. The van der Waals surface area contributed by atoms with Crippen molar-refractivity contribution in [3.63, 3.8) is 0 Å². The van der Waals surface area contributed by atoms with E-state index in [4.69, 9.17) is 0 Å². The van der Waals surface area contributed by atoms with Crippen molar-refractivity contribution < 1.29 is 0 Å². The van der Waals surface area contributed by atoms with E-state index in [1.165, 1.54) is 29.0 Å². The van der Waals surface area contributed by atoms with E-state index in [-0.39, 0.29) is 0 Å². The number of rotatable bonds is 5. The molecular weight excluding hydrogens is 282 g/mol. The van der Waals surface area contributed by atoms with Gasteiger partial charge in [-0.25, -0.2) is 0 Å². The Hall–Kier alpha value is -0.640. The lowest BCUT2D eigenvalue weighted by Gasteiger charge is -2.26. The second kappa shape index (κ2) is 6.42. The van der Waals surface area contributed by atoms with Crippen molar-refractivity contribution in [2.45, 2.75) is 45.2 Å². The molecule has 1 aliphatic carbocycles. The Morgan fingerprint density at radius 3 is 2.25 bits per heavy atom. The topological polar surface area (TPSA) is 12.0 Å². The molecule has 20 heavy (non-hydrogen) atoms. The first-order valence-corrected chi connectivity index (χ1v) is 9.38. The van der Waals surface area contributed by atoms with E-state index in [2.05, 4.69) is 54.2 Å². The summed E-state index contributed by atoms with van der Waals surface area (Å²) in [6.07, 6.45) is 4.03. The van der Waals surface area contributed by atoms with Crippen molar-refractivity contribution >= 4 is 22.7 Å². The summed E-state index contributed by atoms with van der Waals surface area (Å²) in [6.45, 7) is 4.76. The monoisotopic (exact) mass is 305 g/mol. The van der Waals surface area contributed by atoms with Gasteiger partial charge in [-0.3, -0.25) is 0 Å². The van der Waals surface area contributed by atoms with E-state index < -0.39 is 0 Å². The van der Waals surface area contributed by atoms with Crippen LogP contribution in [-0.2, 0) is 0 Å². The maximum Gasteiger partial charge on any atom is 0.0767 e. The van der Waals surface area contributed by atoms with Crippen molar-refractivity contribution in [2.75, 3.05) is 0 Å². The highest BCUT2D eigenvalue weighted by Gasteiger charge is 2.33. The second-order valence-corrected chi connectivity index (χ2v) is 7.80. The number of hydrogen-bond acceptors (Lipinski definition) is 3. The van der Waals surface area contributed by atoms with Crippen LogP contribution in [0.4, 0.5) is 0 Å². The molecular formula is C17H23NS2. The Balaban J connectivity index is 1.78. The molecule has 0 aliphatic heterocycles. The van der Waals surface area contributed by atoms with E-state index >= 15 is 0 Å². The third kappa shape index (κ3) is 2.85. The zero-order valence-electron chi connectivity index (χ0n) is 12.2. The largest absolute Gasteiger partial charge is 0.302 e. The Bertz CT molecular complexity index is 469. The first-order valence-electron chi connectivity index (χ1n) is 7.62. The summed E-state index contributed by atoms with van der Waals surface area (Å²) < 4.78 is 0. The van der Waals surface area contributed by atoms with Crippen LogP contribution in [0.3, 0.4) is 0 Å². The summed E-state index contributed by atoms with van der Waals surface area (Å²) >= 11 is 3.73. The fraction of sp³-hybridized carbons (Fsp3) is 0.529. The summed E-state index contributed by atoms with van der Waals surface area (Å²) in [5.74, 6) is 1.70. The summed E-state index contributed by atoms with van der Waals surface area (Å²) in [5.41, 5.74) is 0. The molecule has 0 amide bonds. The predicted octanol–water partition coefficient (Wildman–Crippen LogP) is 5.31. The van der Waals surface area contributed by atoms with Gasteiger partial charge in [0, 0.05) is 15.8 Å². The van der Waals surface area contributed by atoms with Gasteiger partial charge in [0.1, 0.15) is 0 Å². The molecule has 1 nitrogen and oxygen atoms in total. The van der Waals surface area contributed by atoms with Crippen LogP contribution in [0.15, 0.2) is 35.0 Å². The van der Waals surface area contributed by atoms with Crippen LogP contribution in [0.25, 0.3) is 0 Å². The smallest absolute Gasteiger partial charge is 0.0767 e. The summed E-state index contributed by atoms with van der Waals surface area (Å²) in [7, 11) is 0. The molecule has 3 rings (SSSR count). The van der Waals surface area contributed by atoms with Crippen LogP contribution in [-0.4, -0.2) is 6.04 Å². The van der Waals surface area contributed by atoms with Crippen molar-refractivity contribution in [1.82, 2.24) is 5.32 Å². The van der Waals surface area contributed by atoms with Gasteiger partial charge in [0.05, 0.1) is 6.04 Å². The first-order chi connectivity index (χ1) is 9.79. The van der Waals surface area contributed by atoms with E-state index in [1.807, 2.05) is 22.7 Å². The molecule has 3 atom stereocenters. The van der Waals surface area contributed by atoms with Gasteiger partial charge in [0.2, 0.25) is 0 Å². The highest BCUT2D eigenvalue weighted by molar-refractivity contribution is 7.11. The molecule has 2 heterocycles. The molecule has 1 aliphatic rings. The predicted molar refractivity (Wildman–Crippen MR) is 89.6 cm³/mol. The summed E-state index contributed by atoms with van der Waals surface area (Å²) in [6, 6.07) is 9.90. The van der Waals surface area contributed by atoms with Crippen LogP contribution in [0, 0.1) is 11.8 Å². The molecule has 0 bridgehead atoms. The van der Waals surface area contributed by atoms with E-state index in [0.29, 0.717) is 12.1 Å². The maximum atomic E-state index is 3.96. The average Bonchev–Trinajstić information content (AvgIpc) is 3.19. The van der Waals surface area contributed by atoms with Gasteiger partial charge in [0.25, 0.3) is 0 Å². The van der Waals surface area contributed by atoms with E-state index in [0.717, 1.165) is 11.8 Å². The standard InChI is InChI=1S/C17H23NS2/c1-3-13-8-9-14(12(13)2)18-17(15-6-4-10-19-15)16-7-5-11-20-16/h4-7,10-14,17-18H,3,8-9H2,1-2H3. The minimum Gasteiger partial charge on any atom is -0.302 e. The SMILES string of the molecule is CCC1CCC(NC(c2cccs2)c2cccs2)C1C. The van der Waals surface area contributed by atoms with Crippen molar-refractivity contribution in [1.29, 1.82) is 0 Å². The normalized spacial score (nSPS) is 26.4. The van der Waals surface area contributed by atoms with Crippen LogP contribution in [0.2, 0.25) is 0 Å². The zero-order chi connectivity index (χ0) is 13.9. The Kier molecular flexibility index (Phi) is 4.59. The molecule has 3 unspecified atom stereocenters. The van der Waals surface area contributed by atoms with Crippen molar-refractivity contribution in [2.24, 2.45) is 11.8 Å². The molecule has 1 saturated carbocycles. The first kappa shape index (κ1) is 14.3. The average molecular weight is 306 g/mol. The molecule has 0 saturated heterocycles. The molecule has 0 spiro atoms. The molecule has 2 aromatic heterocycles. The molecule has 108 valence electrons. The van der Waals surface area contributed by atoms with E-state index in [9.17, 15) is 0 Å². The highest BCUT2D eigenvalue weighted by Crippen LogP contribution is 2.37. The summed E-state index contributed by atoms with van der Waals surface area (Å²) in [4.78, 5) is 2.89. The number of thiophene rings is 2. The Morgan fingerprint density at radius 1 is 1.15 bits per heavy atom. The second-order valence-electron chi connectivity index (χ2n) is 5.84. The van der Waals surface area contributed by atoms with Crippen LogP contribution < -0.4 is 5.32 Å².